The molecule has 0 saturated carbocycles. The Morgan fingerprint density at radius 1 is 1.30 bits per heavy atom. The number of piperidine rings is 3. The molecule has 0 spiro atoms. The summed E-state index contributed by atoms with van der Waals surface area (Å²) in [5.74, 6) is 1.44. The van der Waals surface area contributed by atoms with Gasteiger partial charge in [0.05, 0.1) is 6.61 Å². The first kappa shape index (κ1) is 13.4. The normalized spacial score (nSPS) is 28.4. The Labute approximate surface area is 118 Å². The molecule has 0 amide bonds. The summed E-state index contributed by atoms with van der Waals surface area (Å²) in [4.78, 5) is 14.9. The predicted octanol–water partition coefficient (Wildman–Crippen LogP) is 0.749. The van der Waals surface area contributed by atoms with E-state index in [0.717, 1.165) is 13.0 Å². The monoisotopic (exact) mass is 278 g/mol. The van der Waals surface area contributed by atoms with Gasteiger partial charge in [0, 0.05) is 12.6 Å². The molecule has 1 aromatic rings. The Morgan fingerprint density at radius 3 is 2.75 bits per heavy atom. The number of rotatable bonds is 5. The average Bonchev–Trinajstić information content (AvgIpc) is 2.46. The highest BCUT2D eigenvalue weighted by Gasteiger charge is 2.34. The molecular formula is C13H22N6O. The maximum Gasteiger partial charge on any atom is 0.323 e. The predicted molar refractivity (Wildman–Crippen MR) is 76.6 cm³/mol. The van der Waals surface area contributed by atoms with Gasteiger partial charge in [-0.05, 0) is 38.3 Å². The third kappa shape index (κ3) is 2.92. The summed E-state index contributed by atoms with van der Waals surface area (Å²) in [6, 6.07) is 0.710. The lowest BCUT2D eigenvalue weighted by atomic mass is 9.84. The third-order valence-electron chi connectivity index (χ3n) is 4.04. The van der Waals surface area contributed by atoms with Crippen LogP contribution in [0.1, 0.15) is 26.2 Å². The van der Waals surface area contributed by atoms with Crippen LogP contribution < -0.4 is 15.8 Å². The lowest BCUT2D eigenvalue weighted by Gasteiger charge is -2.44. The highest BCUT2D eigenvalue weighted by atomic mass is 16.5. The molecule has 4 rings (SSSR count). The number of nitrogen functional groups attached to an aromatic ring is 1. The zero-order valence-corrected chi connectivity index (χ0v) is 11.9. The second kappa shape index (κ2) is 5.78. The van der Waals surface area contributed by atoms with Crippen LogP contribution in [0, 0.1) is 5.92 Å². The van der Waals surface area contributed by atoms with Gasteiger partial charge >= 0.3 is 6.01 Å². The lowest BCUT2D eigenvalue weighted by molar-refractivity contribution is 0.0971. The van der Waals surface area contributed by atoms with Crippen LogP contribution in [0.5, 0.6) is 6.01 Å². The van der Waals surface area contributed by atoms with E-state index < -0.39 is 0 Å². The van der Waals surface area contributed by atoms with Gasteiger partial charge in [-0.2, -0.15) is 15.0 Å². The largest absolute Gasteiger partial charge is 0.463 e. The highest BCUT2D eigenvalue weighted by Crippen LogP contribution is 2.29. The number of nitrogens with two attached hydrogens (primary N) is 1. The fourth-order valence-electron chi connectivity index (χ4n) is 2.99. The molecule has 3 aliphatic heterocycles. The summed E-state index contributed by atoms with van der Waals surface area (Å²) in [5, 5.41) is 3.41. The molecular weight excluding hydrogens is 256 g/mol. The van der Waals surface area contributed by atoms with Gasteiger partial charge < -0.3 is 20.7 Å². The number of nitrogens with one attached hydrogen (secondary N) is 1. The molecule has 1 unspecified atom stereocenters. The van der Waals surface area contributed by atoms with Crippen LogP contribution in [0.4, 0.5) is 11.9 Å². The van der Waals surface area contributed by atoms with Crippen molar-refractivity contribution in [1.82, 2.24) is 19.9 Å². The van der Waals surface area contributed by atoms with Gasteiger partial charge in [0.1, 0.15) is 0 Å². The summed E-state index contributed by atoms with van der Waals surface area (Å²) in [6.07, 6.45) is 3.41. The molecule has 0 aliphatic carbocycles. The third-order valence-corrected chi connectivity index (χ3v) is 4.04. The molecule has 3 N–H and O–H groups in total. The summed E-state index contributed by atoms with van der Waals surface area (Å²) in [6.45, 7) is 6.11. The van der Waals surface area contributed by atoms with Gasteiger partial charge in [-0.15, -0.1) is 0 Å². The van der Waals surface area contributed by atoms with Crippen molar-refractivity contribution in [3.8, 4) is 6.01 Å². The number of ether oxygens (including phenoxy) is 1. The molecule has 1 aromatic heterocycles. The Hall–Kier alpha value is -1.63. The van der Waals surface area contributed by atoms with Gasteiger partial charge in [-0.3, -0.25) is 0 Å². The zero-order chi connectivity index (χ0) is 13.9. The molecule has 1 atom stereocenters. The van der Waals surface area contributed by atoms with Gasteiger partial charge in [0.2, 0.25) is 11.9 Å². The molecule has 3 aliphatic rings. The number of anilines is 2. The van der Waals surface area contributed by atoms with Crippen LogP contribution in [0.3, 0.4) is 0 Å². The van der Waals surface area contributed by atoms with E-state index in [2.05, 4.69) is 25.2 Å². The molecule has 7 heteroatoms. The molecule has 0 radical (unpaired) electrons. The molecule has 3 saturated heterocycles. The second-order valence-electron chi connectivity index (χ2n) is 5.54. The smallest absolute Gasteiger partial charge is 0.323 e. The van der Waals surface area contributed by atoms with Crippen molar-refractivity contribution < 1.29 is 4.74 Å². The second-order valence-corrected chi connectivity index (χ2v) is 5.54. The van der Waals surface area contributed by atoms with Crippen molar-refractivity contribution in [2.24, 2.45) is 5.92 Å². The van der Waals surface area contributed by atoms with Crippen molar-refractivity contribution in [3.05, 3.63) is 0 Å². The first-order chi connectivity index (χ1) is 9.74. The van der Waals surface area contributed by atoms with E-state index >= 15 is 0 Å². The molecule has 110 valence electrons. The maximum atomic E-state index is 5.72. The summed E-state index contributed by atoms with van der Waals surface area (Å²) in [5.41, 5.74) is 5.72. The van der Waals surface area contributed by atoms with Crippen molar-refractivity contribution in [3.63, 3.8) is 0 Å². The number of hydrogen-bond donors (Lipinski definition) is 2. The van der Waals surface area contributed by atoms with E-state index in [9.17, 15) is 0 Å². The van der Waals surface area contributed by atoms with Gasteiger partial charge in [0.15, 0.2) is 0 Å². The highest BCUT2D eigenvalue weighted by molar-refractivity contribution is 5.34. The summed E-state index contributed by atoms with van der Waals surface area (Å²) < 4.78 is 5.44. The van der Waals surface area contributed by atoms with Crippen LogP contribution in [-0.2, 0) is 0 Å². The molecule has 7 nitrogen and oxygen atoms in total. The van der Waals surface area contributed by atoms with E-state index in [1.165, 1.54) is 25.9 Å². The van der Waals surface area contributed by atoms with Crippen molar-refractivity contribution in [2.75, 3.05) is 37.3 Å². The molecule has 20 heavy (non-hydrogen) atoms. The Kier molecular flexibility index (Phi) is 3.86. The quantitative estimate of drug-likeness (QED) is 0.821. The molecule has 4 heterocycles. The fourth-order valence-corrected chi connectivity index (χ4v) is 2.99. The first-order valence-electron chi connectivity index (χ1n) is 7.38. The van der Waals surface area contributed by atoms with E-state index in [1.54, 1.807) is 0 Å². The fraction of sp³-hybridized carbons (Fsp3) is 0.769. The average molecular weight is 278 g/mol. The van der Waals surface area contributed by atoms with Crippen LogP contribution in [0.15, 0.2) is 0 Å². The first-order valence-corrected chi connectivity index (χ1v) is 7.38. The topological polar surface area (TPSA) is 89.2 Å². The zero-order valence-electron chi connectivity index (χ0n) is 11.9. The van der Waals surface area contributed by atoms with Crippen molar-refractivity contribution in [2.45, 2.75) is 32.2 Å². The Bertz CT molecular complexity index is 460. The van der Waals surface area contributed by atoms with E-state index in [1.807, 2.05) is 6.92 Å². The van der Waals surface area contributed by atoms with Crippen molar-refractivity contribution >= 4 is 11.9 Å². The molecule has 3 fully saturated rings. The van der Waals surface area contributed by atoms with Gasteiger partial charge in [-0.25, -0.2) is 0 Å². The van der Waals surface area contributed by atoms with E-state index in [0.29, 0.717) is 30.5 Å². The molecule has 0 aromatic carbocycles. The number of nitrogens with zero attached hydrogens (tertiary/aromatic N) is 4. The summed E-state index contributed by atoms with van der Waals surface area (Å²) >= 11 is 0. The minimum atomic E-state index is 0.204. The minimum absolute atomic E-state index is 0.204. The van der Waals surface area contributed by atoms with Crippen LogP contribution >= 0.6 is 0 Å². The van der Waals surface area contributed by atoms with E-state index in [4.69, 9.17) is 10.5 Å². The van der Waals surface area contributed by atoms with E-state index in [-0.39, 0.29) is 5.95 Å². The molecule has 2 bridgehead atoms. The SMILES string of the molecule is CCCOc1nc(N)nc(NC2CN3CCC2CC3)n1. The standard InChI is InChI=1S/C13H22N6O/c1-2-7-20-13-17-11(14)16-12(18-13)15-10-8-19-5-3-9(10)4-6-19/h9-10H,2-8H2,1H3,(H3,14,15,16,17,18). The van der Waals surface area contributed by atoms with Crippen molar-refractivity contribution in [1.29, 1.82) is 0 Å². The Balaban J connectivity index is 1.68. The van der Waals surface area contributed by atoms with Crippen LogP contribution in [0.25, 0.3) is 0 Å². The van der Waals surface area contributed by atoms with Gasteiger partial charge in [-0.1, -0.05) is 6.92 Å². The number of fused-ring (bicyclic) bond motifs is 3. The Morgan fingerprint density at radius 2 is 2.10 bits per heavy atom. The lowest BCUT2D eigenvalue weighted by Crippen LogP contribution is -2.53. The number of aromatic nitrogens is 3. The number of hydrogen-bond acceptors (Lipinski definition) is 7. The summed E-state index contributed by atoms with van der Waals surface area (Å²) in [7, 11) is 0. The van der Waals surface area contributed by atoms with Crippen LogP contribution in [-0.4, -0.2) is 52.1 Å². The maximum absolute atomic E-state index is 5.72. The minimum Gasteiger partial charge on any atom is -0.463 e. The van der Waals surface area contributed by atoms with Crippen LogP contribution in [0.2, 0.25) is 0 Å². The van der Waals surface area contributed by atoms with Gasteiger partial charge in [0.25, 0.3) is 0 Å².